The highest BCUT2D eigenvalue weighted by Gasteiger charge is 2.21. The molecule has 1 fully saturated rings. The van der Waals surface area contributed by atoms with Crippen molar-refractivity contribution < 1.29 is 0 Å². The van der Waals surface area contributed by atoms with Crippen molar-refractivity contribution in [1.29, 1.82) is 0 Å². The van der Waals surface area contributed by atoms with Gasteiger partial charge in [0.15, 0.2) is 0 Å². The lowest BCUT2D eigenvalue weighted by Gasteiger charge is -2.22. The second-order valence-corrected chi connectivity index (χ2v) is 6.36. The van der Waals surface area contributed by atoms with Crippen molar-refractivity contribution in [2.75, 3.05) is 6.54 Å². The van der Waals surface area contributed by atoms with Crippen LogP contribution in [0.2, 0.25) is 0 Å². The molecule has 1 aromatic rings. The molecule has 0 aromatic heterocycles. The molecule has 1 aromatic carbocycles. The fourth-order valence-corrected chi connectivity index (χ4v) is 3.39. The Morgan fingerprint density at radius 1 is 1.33 bits per heavy atom. The van der Waals surface area contributed by atoms with Crippen LogP contribution in [0, 0.1) is 12.8 Å². The Labute approximate surface area is 119 Å². The molecule has 1 N–H and O–H groups in total. The number of rotatable bonds is 5. The van der Waals surface area contributed by atoms with Crippen LogP contribution < -0.4 is 5.32 Å². The van der Waals surface area contributed by atoms with Crippen LogP contribution in [0.4, 0.5) is 0 Å². The predicted octanol–water partition coefficient (Wildman–Crippen LogP) is 4.99. The van der Waals surface area contributed by atoms with Gasteiger partial charge in [-0.2, -0.15) is 0 Å². The molecule has 0 amide bonds. The zero-order valence-corrected chi connectivity index (χ0v) is 13.1. The number of benzene rings is 1. The summed E-state index contributed by atoms with van der Waals surface area (Å²) in [5, 5.41) is 3.65. The first-order chi connectivity index (χ1) is 8.70. The van der Waals surface area contributed by atoms with Gasteiger partial charge in [0.25, 0.3) is 0 Å². The van der Waals surface area contributed by atoms with Gasteiger partial charge in [0, 0.05) is 10.5 Å². The Hall–Kier alpha value is -0.340. The third-order valence-electron chi connectivity index (χ3n) is 4.09. The minimum Gasteiger partial charge on any atom is -0.310 e. The number of nitrogens with one attached hydrogen (secondary N) is 1. The molecule has 0 spiro atoms. The highest BCUT2D eigenvalue weighted by Crippen LogP contribution is 2.33. The van der Waals surface area contributed by atoms with E-state index in [1.54, 1.807) is 0 Å². The SMILES string of the molecule is CCNC(CC1CCCC1)c1ccc(C)c(Br)c1. The van der Waals surface area contributed by atoms with Crippen LogP contribution in [0.5, 0.6) is 0 Å². The number of hydrogen-bond acceptors (Lipinski definition) is 1. The molecule has 0 radical (unpaired) electrons. The Morgan fingerprint density at radius 3 is 2.67 bits per heavy atom. The van der Waals surface area contributed by atoms with Gasteiger partial charge in [0.05, 0.1) is 0 Å². The van der Waals surface area contributed by atoms with Gasteiger partial charge in [-0.05, 0) is 43.0 Å². The molecule has 1 nitrogen and oxygen atoms in total. The van der Waals surface area contributed by atoms with Gasteiger partial charge >= 0.3 is 0 Å². The standard InChI is InChI=1S/C16H24BrN/c1-3-18-16(10-13-6-4-5-7-13)14-9-8-12(2)15(17)11-14/h8-9,11,13,16,18H,3-7,10H2,1-2H3. The van der Waals surface area contributed by atoms with Crippen molar-refractivity contribution in [2.24, 2.45) is 5.92 Å². The molecule has 1 atom stereocenters. The summed E-state index contributed by atoms with van der Waals surface area (Å²) in [4.78, 5) is 0. The summed E-state index contributed by atoms with van der Waals surface area (Å²) in [5.74, 6) is 0.925. The Balaban J connectivity index is 2.09. The van der Waals surface area contributed by atoms with Crippen LogP contribution in [0.25, 0.3) is 0 Å². The van der Waals surface area contributed by atoms with E-state index in [-0.39, 0.29) is 0 Å². The average molecular weight is 310 g/mol. The molecule has 100 valence electrons. The molecule has 1 aliphatic carbocycles. The molecule has 0 heterocycles. The van der Waals surface area contributed by atoms with Crippen molar-refractivity contribution in [3.05, 3.63) is 33.8 Å². The van der Waals surface area contributed by atoms with E-state index in [2.05, 4.69) is 53.3 Å². The van der Waals surface area contributed by atoms with Gasteiger partial charge in [-0.1, -0.05) is 60.7 Å². The van der Waals surface area contributed by atoms with Gasteiger partial charge < -0.3 is 5.32 Å². The molecule has 2 heteroatoms. The van der Waals surface area contributed by atoms with Crippen molar-refractivity contribution >= 4 is 15.9 Å². The maximum Gasteiger partial charge on any atom is 0.0323 e. The van der Waals surface area contributed by atoms with E-state index < -0.39 is 0 Å². The third-order valence-corrected chi connectivity index (χ3v) is 4.95. The molecular formula is C16H24BrN. The Bertz CT molecular complexity index is 383. The van der Waals surface area contributed by atoms with E-state index in [0.717, 1.165) is 12.5 Å². The van der Waals surface area contributed by atoms with Crippen LogP contribution in [0.3, 0.4) is 0 Å². The van der Waals surface area contributed by atoms with Crippen LogP contribution in [-0.2, 0) is 0 Å². The van der Waals surface area contributed by atoms with Gasteiger partial charge in [0.1, 0.15) is 0 Å². The summed E-state index contributed by atoms with van der Waals surface area (Å²) in [5.41, 5.74) is 2.75. The second-order valence-electron chi connectivity index (χ2n) is 5.51. The quantitative estimate of drug-likeness (QED) is 0.808. The molecular weight excluding hydrogens is 286 g/mol. The number of aryl methyl sites for hydroxylation is 1. The normalized spacial score (nSPS) is 18.2. The topological polar surface area (TPSA) is 12.0 Å². The lowest BCUT2D eigenvalue weighted by molar-refractivity contribution is 0.400. The monoisotopic (exact) mass is 309 g/mol. The summed E-state index contributed by atoms with van der Waals surface area (Å²) in [6.07, 6.45) is 7.01. The van der Waals surface area contributed by atoms with Crippen molar-refractivity contribution in [3.63, 3.8) is 0 Å². The van der Waals surface area contributed by atoms with E-state index in [4.69, 9.17) is 0 Å². The Kier molecular flexibility index (Phi) is 5.25. The fraction of sp³-hybridized carbons (Fsp3) is 0.625. The van der Waals surface area contributed by atoms with Gasteiger partial charge in [-0.25, -0.2) is 0 Å². The van der Waals surface area contributed by atoms with E-state index in [1.807, 2.05) is 0 Å². The zero-order chi connectivity index (χ0) is 13.0. The van der Waals surface area contributed by atoms with Gasteiger partial charge in [-0.3, -0.25) is 0 Å². The highest BCUT2D eigenvalue weighted by molar-refractivity contribution is 9.10. The molecule has 2 rings (SSSR count). The van der Waals surface area contributed by atoms with E-state index in [9.17, 15) is 0 Å². The lowest BCUT2D eigenvalue weighted by Crippen LogP contribution is -2.23. The predicted molar refractivity (Wildman–Crippen MR) is 81.9 cm³/mol. The van der Waals surface area contributed by atoms with E-state index in [1.165, 1.54) is 47.7 Å². The molecule has 0 saturated heterocycles. The first kappa shape index (κ1) is 14.1. The highest BCUT2D eigenvalue weighted by atomic mass is 79.9. The van der Waals surface area contributed by atoms with Gasteiger partial charge in [0.2, 0.25) is 0 Å². The van der Waals surface area contributed by atoms with Gasteiger partial charge in [-0.15, -0.1) is 0 Å². The average Bonchev–Trinajstić information content (AvgIpc) is 2.85. The summed E-state index contributed by atoms with van der Waals surface area (Å²) >= 11 is 3.65. The van der Waals surface area contributed by atoms with Crippen molar-refractivity contribution in [2.45, 2.75) is 52.0 Å². The molecule has 1 aliphatic rings. The van der Waals surface area contributed by atoms with Crippen molar-refractivity contribution in [1.82, 2.24) is 5.32 Å². The second kappa shape index (κ2) is 6.72. The fourth-order valence-electron chi connectivity index (χ4n) is 2.99. The van der Waals surface area contributed by atoms with E-state index >= 15 is 0 Å². The molecule has 1 saturated carbocycles. The maximum atomic E-state index is 3.65. The largest absolute Gasteiger partial charge is 0.310 e. The first-order valence-corrected chi connectivity index (χ1v) is 7.99. The molecule has 1 unspecified atom stereocenters. The van der Waals surface area contributed by atoms with Crippen LogP contribution in [-0.4, -0.2) is 6.54 Å². The third kappa shape index (κ3) is 3.58. The molecule has 0 bridgehead atoms. The van der Waals surface area contributed by atoms with Crippen LogP contribution in [0.1, 0.15) is 56.2 Å². The van der Waals surface area contributed by atoms with Crippen molar-refractivity contribution in [3.8, 4) is 0 Å². The van der Waals surface area contributed by atoms with Crippen LogP contribution >= 0.6 is 15.9 Å². The lowest BCUT2D eigenvalue weighted by atomic mass is 9.93. The Morgan fingerprint density at radius 2 is 2.06 bits per heavy atom. The molecule has 18 heavy (non-hydrogen) atoms. The molecule has 0 aliphatic heterocycles. The minimum atomic E-state index is 0.523. The smallest absolute Gasteiger partial charge is 0.0323 e. The summed E-state index contributed by atoms with van der Waals surface area (Å²) in [6, 6.07) is 7.31. The first-order valence-electron chi connectivity index (χ1n) is 7.20. The van der Waals surface area contributed by atoms with E-state index in [0.29, 0.717) is 6.04 Å². The minimum absolute atomic E-state index is 0.523. The zero-order valence-electron chi connectivity index (χ0n) is 11.5. The summed E-state index contributed by atoms with van der Waals surface area (Å²) in [7, 11) is 0. The maximum absolute atomic E-state index is 3.65. The number of halogens is 1. The number of hydrogen-bond donors (Lipinski definition) is 1. The summed E-state index contributed by atoms with van der Waals surface area (Å²) in [6.45, 7) is 5.39. The summed E-state index contributed by atoms with van der Waals surface area (Å²) < 4.78 is 1.23. The van der Waals surface area contributed by atoms with Crippen LogP contribution in [0.15, 0.2) is 22.7 Å².